The Balaban J connectivity index is 2.14. The Morgan fingerprint density at radius 2 is 2.00 bits per heavy atom. The van der Waals surface area contributed by atoms with E-state index in [0.717, 1.165) is 10.4 Å². The quantitative estimate of drug-likeness (QED) is 0.783. The van der Waals surface area contributed by atoms with E-state index in [1.54, 1.807) is 0 Å². The molecular formula is C13H18BrNS. The van der Waals surface area contributed by atoms with Gasteiger partial charge in [0.05, 0.1) is 0 Å². The minimum atomic E-state index is 0.390. The van der Waals surface area contributed by atoms with E-state index >= 15 is 0 Å². The molecule has 1 fully saturated rings. The lowest BCUT2D eigenvalue weighted by Crippen LogP contribution is -2.24. The Bertz CT molecular complexity index is 336. The fraction of sp³-hybridized carbons (Fsp3) is 0.538. The molecule has 0 bridgehead atoms. The summed E-state index contributed by atoms with van der Waals surface area (Å²) in [5, 5.41) is 0. The number of halogens is 1. The summed E-state index contributed by atoms with van der Waals surface area (Å²) in [4.78, 5) is 0. The van der Waals surface area contributed by atoms with Gasteiger partial charge in [0, 0.05) is 10.5 Å². The maximum absolute atomic E-state index is 4.31. The highest BCUT2D eigenvalue weighted by Gasteiger charge is 2.23. The molecule has 2 rings (SSSR count). The SMILES string of the molecule is SNC(c1cccc(Br)c1)C1CCCCC1. The molecule has 0 spiro atoms. The Labute approximate surface area is 112 Å². The van der Waals surface area contributed by atoms with E-state index in [9.17, 15) is 0 Å². The smallest absolute Gasteiger partial charge is 0.0447 e. The third kappa shape index (κ3) is 3.02. The molecule has 1 atom stereocenters. The fourth-order valence-electron chi connectivity index (χ4n) is 2.62. The molecule has 1 aliphatic rings. The van der Waals surface area contributed by atoms with Crippen LogP contribution in [0.4, 0.5) is 0 Å². The van der Waals surface area contributed by atoms with Crippen LogP contribution in [0.15, 0.2) is 28.7 Å². The summed E-state index contributed by atoms with van der Waals surface area (Å²) < 4.78 is 4.34. The van der Waals surface area contributed by atoms with Crippen LogP contribution in [0.3, 0.4) is 0 Å². The van der Waals surface area contributed by atoms with Gasteiger partial charge in [-0.3, -0.25) is 4.72 Å². The van der Waals surface area contributed by atoms with Crippen LogP contribution in [0.5, 0.6) is 0 Å². The Hall–Kier alpha value is 0.01000. The van der Waals surface area contributed by atoms with Crippen LogP contribution in [-0.2, 0) is 0 Å². The van der Waals surface area contributed by atoms with Crippen LogP contribution in [0.1, 0.15) is 43.7 Å². The maximum atomic E-state index is 4.31. The van der Waals surface area contributed by atoms with Crippen molar-refractivity contribution in [1.82, 2.24) is 4.72 Å². The lowest BCUT2D eigenvalue weighted by Gasteiger charge is -2.30. The first-order valence-corrected chi connectivity index (χ1v) is 7.20. The molecule has 0 amide bonds. The van der Waals surface area contributed by atoms with Gasteiger partial charge >= 0.3 is 0 Å². The molecule has 1 saturated carbocycles. The molecule has 1 aliphatic carbocycles. The van der Waals surface area contributed by atoms with Crippen molar-refractivity contribution < 1.29 is 0 Å². The van der Waals surface area contributed by atoms with Crippen molar-refractivity contribution in [3.05, 3.63) is 34.3 Å². The van der Waals surface area contributed by atoms with E-state index in [-0.39, 0.29) is 0 Å². The lowest BCUT2D eigenvalue weighted by atomic mass is 9.81. The van der Waals surface area contributed by atoms with Gasteiger partial charge in [0.2, 0.25) is 0 Å². The Morgan fingerprint density at radius 3 is 2.62 bits per heavy atom. The van der Waals surface area contributed by atoms with Crippen LogP contribution in [0.25, 0.3) is 0 Å². The number of rotatable bonds is 3. The molecule has 16 heavy (non-hydrogen) atoms. The van der Waals surface area contributed by atoms with Gasteiger partial charge in [-0.15, -0.1) is 0 Å². The van der Waals surface area contributed by atoms with Gasteiger partial charge in [-0.1, -0.05) is 60.1 Å². The highest BCUT2D eigenvalue weighted by molar-refractivity contribution is 9.10. The summed E-state index contributed by atoms with van der Waals surface area (Å²) in [6.07, 6.45) is 6.78. The molecule has 1 nitrogen and oxygen atoms in total. The van der Waals surface area contributed by atoms with E-state index in [4.69, 9.17) is 0 Å². The number of hydrogen-bond acceptors (Lipinski definition) is 2. The predicted octanol–water partition coefficient (Wildman–Crippen LogP) is 4.50. The molecule has 88 valence electrons. The van der Waals surface area contributed by atoms with Crippen molar-refractivity contribution in [1.29, 1.82) is 0 Å². The normalized spacial score (nSPS) is 19.6. The zero-order valence-electron chi connectivity index (χ0n) is 9.32. The van der Waals surface area contributed by atoms with Crippen molar-refractivity contribution in [2.24, 2.45) is 5.92 Å². The second kappa shape index (κ2) is 6.08. The van der Waals surface area contributed by atoms with Gasteiger partial charge in [0.15, 0.2) is 0 Å². The second-order valence-electron chi connectivity index (χ2n) is 4.56. The number of nitrogens with one attached hydrogen (secondary N) is 1. The molecule has 0 aromatic heterocycles. The van der Waals surface area contributed by atoms with E-state index in [1.807, 2.05) is 0 Å². The monoisotopic (exact) mass is 299 g/mol. The first-order valence-electron chi connectivity index (χ1n) is 5.96. The molecule has 1 unspecified atom stereocenters. The molecule has 0 heterocycles. The van der Waals surface area contributed by atoms with Crippen molar-refractivity contribution in [3.63, 3.8) is 0 Å². The summed E-state index contributed by atoms with van der Waals surface area (Å²) in [7, 11) is 0. The van der Waals surface area contributed by atoms with Crippen LogP contribution in [0, 0.1) is 5.92 Å². The highest BCUT2D eigenvalue weighted by Crippen LogP contribution is 2.35. The molecule has 0 aliphatic heterocycles. The number of thiol groups is 1. The molecule has 1 N–H and O–H groups in total. The summed E-state index contributed by atoms with van der Waals surface area (Å²) in [5.74, 6) is 0.737. The van der Waals surface area contributed by atoms with Crippen LogP contribution in [0.2, 0.25) is 0 Å². The molecule has 3 heteroatoms. The summed E-state index contributed by atoms with van der Waals surface area (Å²) >= 11 is 7.84. The highest BCUT2D eigenvalue weighted by atomic mass is 79.9. The molecule has 1 aromatic rings. The minimum Gasteiger partial charge on any atom is -0.259 e. The molecular weight excluding hydrogens is 282 g/mol. The van der Waals surface area contributed by atoms with Crippen LogP contribution in [-0.4, -0.2) is 0 Å². The van der Waals surface area contributed by atoms with Crippen molar-refractivity contribution in [2.75, 3.05) is 0 Å². The van der Waals surface area contributed by atoms with Gasteiger partial charge in [-0.25, -0.2) is 0 Å². The maximum Gasteiger partial charge on any atom is 0.0447 e. The third-order valence-electron chi connectivity index (χ3n) is 3.47. The molecule has 1 aromatic carbocycles. The fourth-order valence-corrected chi connectivity index (χ4v) is 3.40. The predicted molar refractivity (Wildman–Crippen MR) is 75.6 cm³/mol. The largest absolute Gasteiger partial charge is 0.259 e. The average molecular weight is 300 g/mol. The van der Waals surface area contributed by atoms with E-state index in [0.29, 0.717) is 6.04 Å². The van der Waals surface area contributed by atoms with Crippen molar-refractivity contribution in [3.8, 4) is 0 Å². The van der Waals surface area contributed by atoms with Gasteiger partial charge in [-0.05, 0) is 36.5 Å². The van der Waals surface area contributed by atoms with E-state index < -0.39 is 0 Å². The molecule has 0 saturated heterocycles. The number of hydrogen-bond donors (Lipinski definition) is 2. The van der Waals surface area contributed by atoms with Crippen molar-refractivity contribution >= 4 is 28.7 Å². The first-order chi connectivity index (χ1) is 7.81. The van der Waals surface area contributed by atoms with Gasteiger partial charge in [0.25, 0.3) is 0 Å². The summed E-state index contributed by atoms with van der Waals surface area (Å²) in [6, 6.07) is 8.94. The minimum absolute atomic E-state index is 0.390. The zero-order chi connectivity index (χ0) is 11.4. The van der Waals surface area contributed by atoms with Gasteiger partial charge < -0.3 is 0 Å². The van der Waals surface area contributed by atoms with Crippen LogP contribution < -0.4 is 4.72 Å². The standard InChI is InChI=1S/C13H18BrNS/c14-12-8-4-7-11(9-12)13(15-16)10-5-2-1-3-6-10/h4,7-10,13,15-16H,1-3,5-6H2. The van der Waals surface area contributed by atoms with Crippen molar-refractivity contribution in [2.45, 2.75) is 38.1 Å². The van der Waals surface area contributed by atoms with Crippen LogP contribution >= 0.6 is 28.7 Å². The third-order valence-corrected chi connectivity index (χ3v) is 4.24. The van der Waals surface area contributed by atoms with Gasteiger partial charge in [-0.2, -0.15) is 0 Å². The zero-order valence-corrected chi connectivity index (χ0v) is 11.8. The first kappa shape index (κ1) is 12.5. The Kier molecular flexibility index (Phi) is 4.74. The summed E-state index contributed by atoms with van der Waals surface area (Å²) in [5.41, 5.74) is 1.34. The topological polar surface area (TPSA) is 12.0 Å². The van der Waals surface area contributed by atoms with Gasteiger partial charge in [0.1, 0.15) is 0 Å². The van der Waals surface area contributed by atoms with E-state index in [1.165, 1.54) is 37.7 Å². The summed E-state index contributed by atoms with van der Waals surface area (Å²) in [6.45, 7) is 0. The number of benzene rings is 1. The lowest BCUT2D eigenvalue weighted by molar-refractivity contribution is 0.298. The van der Waals surface area contributed by atoms with E-state index in [2.05, 4.69) is 57.7 Å². The molecule has 0 radical (unpaired) electrons. The Morgan fingerprint density at radius 1 is 1.25 bits per heavy atom. The second-order valence-corrected chi connectivity index (χ2v) is 5.73. The average Bonchev–Trinajstić information content (AvgIpc) is 2.31.